The summed E-state index contributed by atoms with van der Waals surface area (Å²) in [4.78, 5) is 4.98. The Labute approximate surface area is 146 Å². The van der Waals surface area contributed by atoms with Crippen molar-refractivity contribution in [3.63, 3.8) is 0 Å². The zero-order valence-electron chi connectivity index (χ0n) is 15.1. The summed E-state index contributed by atoms with van der Waals surface area (Å²) in [5.74, 6) is 0.914. The minimum absolute atomic E-state index is 0.112. The zero-order chi connectivity index (χ0) is 17.1. The monoisotopic (exact) mass is 332 g/mol. The number of aliphatic hydroxyl groups is 2. The van der Waals surface area contributed by atoms with Crippen LogP contribution in [-0.2, 0) is 6.54 Å². The van der Waals surface area contributed by atoms with Crippen molar-refractivity contribution in [3.05, 3.63) is 34.9 Å². The second kappa shape index (κ2) is 7.96. The third-order valence-electron chi connectivity index (χ3n) is 5.83. The average Bonchev–Trinajstić information content (AvgIpc) is 2.94. The van der Waals surface area contributed by atoms with E-state index in [4.69, 9.17) is 0 Å². The Morgan fingerprint density at radius 2 is 1.75 bits per heavy atom. The molecule has 4 heteroatoms. The summed E-state index contributed by atoms with van der Waals surface area (Å²) in [6, 6.07) is 6.68. The Morgan fingerprint density at radius 1 is 1.04 bits per heavy atom. The molecule has 0 bridgehead atoms. The maximum atomic E-state index is 9.81. The van der Waals surface area contributed by atoms with E-state index < -0.39 is 0 Å². The Bertz CT molecular complexity index is 540. The molecule has 24 heavy (non-hydrogen) atoms. The van der Waals surface area contributed by atoms with Gasteiger partial charge in [-0.2, -0.15) is 0 Å². The molecule has 0 amide bonds. The first-order chi connectivity index (χ1) is 11.5. The van der Waals surface area contributed by atoms with Crippen molar-refractivity contribution >= 4 is 0 Å². The van der Waals surface area contributed by atoms with Crippen molar-refractivity contribution in [2.75, 3.05) is 39.3 Å². The summed E-state index contributed by atoms with van der Waals surface area (Å²) in [5, 5.41) is 19.5. The van der Waals surface area contributed by atoms with Gasteiger partial charge >= 0.3 is 0 Å². The molecule has 0 aliphatic carbocycles. The molecule has 0 unspecified atom stereocenters. The number of aryl methyl sites for hydroxylation is 2. The van der Waals surface area contributed by atoms with Crippen LogP contribution in [0.5, 0.6) is 0 Å². The summed E-state index contributed by atoms with van der Waals surface area (Å²) >= 11 is 0. The second-order valence-corrected chi connectivity index (χ2v) is 7.86. The number of rotatable bonds is 5. The van der Waals surface area contributed by atoms with E-state index in [0.29, 0.717) is 11.8 Å². The first-order valence-corrected chi connectivity index (χ1v) is 9.35. The molecular formula is C20H32N2O2. The van der Waals surface area contributed by atoms with Gasteiger partial charge < -0.3 is 15.1 Å². The van der Waals surface area contributed by atoms with Crippen LogP contribution in [0.2, 0.25) is 0 Å². The Balaban J connectivity index is 1.58. The molecule has 1 aromatic rings. The largest absolute Gasteiger partial charge is 0.396 e. The van der Waals surface area contributed by atoms with Crippen LogP contribution in [0.1, 0.15) is 29.5 Å². The predicted molar refractivity (Wildman–Crippen MR) is 96.9 cm³/mol. The molecule has 2 aliphatic rings. The van der Waals surface area contributed by atoms with Crippen LogP contribution in [0.15, 0.2) is 18.2 Å². The van der Waals surface area contributed by atoms with Gasteiger partial charge in [-0.1, -0.05) is 23.8 Å². The van der Waals surface area contributed by atoms with E-state index in [0.717, 1.165) is 52.1 Å². The summed E-state index contributed by atoms with van der Waals surface area (Å²) in [5.41, 5.74) is 4.08. The van der Waals surface area contributed by atoms with Gasteiger partial charge in [0.2, 0.25) is 0 Å². The number of aliphatic hydroxyl groups excluding tert-OH is 2. The average molecular weight is 332 g/mol. The molecule has 0 radical (unpaired) electrons. The summed E-state index contributed by atoms with van der Waals surface area (Å²) in [6.07, 6.45) is 1.67. The van der Waals surface area contributed by atoms with E-state index in [1.54, 1.807) is 0 Å². The second-order valence-electron chi connectivity index (χ2n) is 7.86. The minimum Gasteiger partial charge on any atom is -0.396 e. The highest BCUT2D eigenvalue weighted by Gasteiger charge is 2.34. The molecule has 2 atom stereocenters. The smallest absolute Gasteiger partial charge is 0.0564 e. The lowest BCUT2D eigenvalue weighted by Gasteiger charge is -2.32. The normalized spacial score (nSPS) is 27.0. The summed E-state index contributed by atoms with van der Waals surface area (Å²) in [7, 11) is 0. The van der Waals surface area contributed by atoms with Crippen LogP contribution in [0.3, 0.4) is 0 Å². The molecule has 2 N–H and O–H groups in total. The number of likely N-dealkylation sites (tertiary alicyclic amines) is 2. The lowest BCUT2D eigenvalue weighted by molar-refractivity contribution is 0.0684. The first kappa shape index (κ1) is 17.9. The molecule has 2 saturated heterocycles. The fourth-order valence-corrected chi connectivity index (χ4v) is 4.22. The van der Waals surface area contributed by atoms with E-state index in [-0.39, 0.29) is 12.7 Å². The van der Waals surface area contributed by atoms with E-state index in [9.17, 15) is 10.2 Å². The van der Waals surface area contributed by atoms with E-state index in [2.05, 4.69) is 41.8 Å². The lowest BCUT2D eigenvalue weighted by atomic mass is 9.95. The summed E-state index contributed by atoms with van der Waals surface area (Å²) < 4.78 is 0. The zero-order valence-corrected chi connectivity index (χ0v) is 15.1. The van der Waals surface area contributed by atoms with Crippen LogP contribution < -0.4 is 0 Å². The number of benzene rings is 1. The lowest BCUT2D eigenvalue weighted by Crippen LogP contribution is -2.40. The van der Waals surface area contributed by atoms with Crippen molar-refractivity contribution in [1.82, 2.24) is 9.80 Å². The quantitative estimate of drug-likeness (QED) is 0.863. The highest BCUT2D eigenvalue weighted by Crippen LogP contribution is 2.27. The molecule has 3 rings (SSSR count). The van der Waals surface area contributed by atoms with Gasteiger partial charge in [0, 0.05) is 45.9 Å². The topological polar surface area (TPSA) is 46.9 Å². The molecule has 4 nitrogen and oxygen atoms in total. The van der Waals surface area contributed by atoms with Crippen LogP contribution >= 0.6 is 0 Å². The molecular weight excluding hydrogens is 300 g/mol. The van der Waals surface area contributed by atoms with Crippen LogP contribution in [0.4, 0.5) is 0 Å². The molecule has 2 aliphatic heterocycles. The fourth-order valence-electron chi connectivity index (χ4n) is 4.22. The number of piperidine rings is 1. The third kappa shape index (κ3) is 4.37. The highest BCUT2D eigenvalue weighted by molar-refractivity contribution is 5.30. The molecule has 0 saturated carbocycles. The maximum Gasteiger partial charge on any atom is 0.0564 e. The Hall–Kier alpha value is -0.940. The number of hydrogen-bond acceptors (Lipinski definition) is 4. The van der Waals surface area contributed by atoms with E-state index >= 15 is 0 Å². The van der Waals surface area contributed by atoms with Crippen molar-refractivity contribution in [1.29, 1.82) is 0 Å². The van der Waals surface area contributed by atoms with Crippen molar-refractivity contribution < 1.29 is 10.2 Å². The molecule has 0 spiro atoms. The Morgan fingerprint density at radius 3 is 2.46 bits per heavy atom. The van der Waals surface area contributed by atoms with Crippen molar-refractivity contribution in [3.8, 4) is 0 Å². The standard InChI is InChI=1S/C20H32N2O2/c1-15-3-4-16(2)17(9-15)10-22-12-18(19(13-22)14-23)11-21-7-5-20(24)6-8-21/h3-4,9,18-20,23-24H,5-8,10-14H2,1-2H3/t18-,19-/m1/s1. The van der Waals surface area contributed by atoms with Gasteiger partial charge in [-0.05, 0) is 49.7 Å². The van der Waals surface area contributed by atoms with Crippen molar-refractivity contribution in [2.24, 2.45) is 11.8 Å². The molecule has 0 aromatic heterocycles. The van der Waals surface area contributed by atoms with Gasteiger partial charge in [0.1, 0.15) is 0 Å². The Kier molecular flexibility index (Phi) is 5.93. The minimum atomic E-state index is -0.112. The van der Waals surface area contributed by atoms with Crippen LogP contribution in [0, 0.1) is 25.7 Å². The van der Waals surface area contributed by atoms with E-state index in [1.807, 2.05) is 0 Å². The fraction of sp³-hybridized carbons (Fsp3) is 0.700. The predicted octanol–water partition coefficient (Wildman–Crippen LogP) is 1.80. The number of nitrogens with zero attached hydrogens (tertiary/aromatic N) is 2. The van der Waals surface area contributed by atoms with Crippen LogP contribution in [0.25, 0.3) is 0 Å². The molecule has 2 heterocycles. The van der Waals surface area contributed by atoms with Gasteiger partial charge in [0.25, 0.3) is 0 Å². The number of hydrogen-bond donors (Lipinski definition) is 2. The molecule has 134 valence electrons. The molecule has 1 aromatic carbocycles. The molecule has 2 fully saturated rings. The maximum absolute atomic E-state index is 9.81. The summed E-state index contributed by atoms with van der Waals surface area (Å²) in [6.45, 7) is 10.7. The van der Waals surface area contributed by atoms with Gasteiger partial charge in [-0.15, -0.1) is 0 Å². The van der Waals surface area contributed by atoms with Crippen molar-refractivity contribution in [2.45, 2.75) is 39.3 Å². The van der Waals surface area contributed by atoms with Gasteiger partial charge in [0.15, 0.2) is 0 Å². The third-order valence-corrected chi connectivity index (χ3v) is 5.83. The van der Waals surface area contributed by atoms with Gasteiger partial charge in [-0.3, -0.25) is 4.90 Å². The SMILES string of the molecule is Cc1ccc(C)c(CN2C[C@@H](CN3CCC(O)CC3)[C@@H](CO)C2)c1. The first-order valence-electron chi connectivity index (χ1n) is 9.35. The van der Waals surface area contributed by atoms with Crippen LogP contribution in [-0.4, -0.2) is 65.4 Å². The van der Waals surface area contributed by atoms with E-state index in [1.165, 1.54) is 16.7 Å². The highest BCUT2D eigenvalue weighted by atomic mass is 16.3. The van der Waals surface area contributed by atoms with Gasteiger partial charge in [-0.25, -0.2) is 0 Å². The van der Waals surface area contributed by atoms with Gasteiger partial charge in [0.05, 0.1) is 6.10 Å².